The predicted octanol–water partition coefficient (Wildman–Crippen LogP) is 2.32. The number of carbonyl (C=O) groups excluding carboxylic acids is 1. The highest BCUT2D eigenvalue weighted by Gasteiger charge is 2.36. The molecule has 2 nitrogen and oxygen atoms in total. The molecule has 3 atom stereocenters. The maximum atomic E-state index is 11.2. The van der Waals surface area contributed by atoms with Crippen molar-refractivity contribution >= 4 is 5.97 Å². The fraction of sp³-hybridized carbons (Fsp3) is 0.583. The fourth-order valence-corrected chi connectivity index (χ4v) is 2.39. The molecule has 2 bridgehead atoms. The molecule has 0 N–H and O–H groups in total. The Hall–Kier alpha value is -1.05. The van der Waals surface area contributed by atoms with E-state index >= 15 is 0 Å². The average molecular weight is 192 g/mol. The minimum atomic E-state index is -0.253. The predicted molar refractivity (Wildman–Crippen MR) is 54.6 cm³/mol. The number of rotatable bonds is 3. The highest BCUT2D eigenvalue weighted by atomic mass is 16.5. The average Bonchev–Trinajstić information content (AvgIpc) is 2.74. The van der Waals surface area contributed by atoms with Gasteiger partial charge in [0.25, 0.3) is 0 Å². The lowest BCUT2D eigenvalue weighted by atomic mass is 9.95. The van der Waals surface area contributed by atoms with E-state index < -0.39 is 0 Å². The van der Waals surface area contributed by atoms with Crippen molar-refractivity contribution in [3.8, 4) is 0 Å². The normalized spacial score (nSPS) is 33.4. The molecule has 0 aliphatic heterocycles. The standard InChI is InChI=1S/C12H16O2/c1-8(2)12(13)14-7-11-6-9-3-4-10(11)5-9/h3-4,9-11H,1,5-7H2,2H3/t9-,10+,11?/m1/s1. The number of fused-ring (bicyclic) bond motifs is 2. The number of carbonyl (C=O) groups is 1. The molecule has 76 valence electrons. The van der Waals surface area contributed by atoms with Crippen LogP contribution in [0.15, 0.2) is 24.3 Å². The molecule has 14 heavy (non-hydrogen) atoms. The monoisotopic (exact) mass is 192 g/mol. The fourth-order valence-electron chi connectivity index (χ4n) is 2.39. The van der Waals surface area contributed by atoms with Crippen LogP contribution in [0.25, 0.3) is 0 Å². The van der Waals surface area contributed by atoms with E-state index in [0.717, 1.165) is 5.92 Å². The van der Waals surface area contributed by atoms with Gasteiger partial charge in [0.1, 0.15) is 0 Å². The van der Waals surface area contributed by atoms with Gasteiger partial charge in [0.15, 0.2) is 0 Å². The van der Waals surface area contributed by atoms with Crippen molar-refractivity contribution in [1.82, 2.24) is 0 Å². The molecule has 0 amide bonds. The topological polar surface area (TPSA) is 26.3 Å². The van der Waals surface area contributed by atoms with Crippen molar-refractivity contribution in [2.45, 2.75) is 19.8 Å². The Bertz CT molecular complexity index is 291. The van der Waals surface area contributed by atoms with Crippen molar-refractivity contribution in [3.63, 3.8) is 0 Å². The Labute approximate surface area is 84.6 Å². The lowest BCUT2D eigenvalue weighted by Crippen LogP contribution is -2.17. The van der Waals surface area contributed by atoms with E-state index in [1.807, 2.05) is 0 Å². The van der Waals surface area contributed by atoms with Crippen LogP contribution in [0.1, 0.15) is 19.8 Å². The smallest absolute Gasteiger partial charge is 0.333 e. The third-order valence-corrected chi connectivity index (χ3v) is 3.19. The second-order valence-electron chi connectivity index (χ2n) is 4.42. The van der Waals surface area contributed by atoms with Gasteiger partial charge in [-0.3, -0.25) is 0 Å². The molecular formula is C12H16O2. The molecule has 0 saturated heterocycles. The van der Waals surface area contributed by atoms with Gasteiger partial charge in [0.05, 0.1) is 6.61 Å². The number of esters is 1. The van der Waals surface area contributed by atoms with E-state index in [2.05, 4.69) is 18.7 Å². The van der Waals surface area contributed by atoms with Crippen molar-refractivity contribution in [1.29, 1.82) is 0 Å². The van der Waals surface area contributed by atoms with Crippen LogP contribution in [0.4, 0.5) is 0 Å². The van der Waals surface area contributed by atoms with Crippen LogP contribution in [-0.2, 0) is 9.53 Å². The summed E-state index contributed by atoms with van der Waals surface area (Å²) in [4.78, 5) is 11.2. The second kappa shape index (κ2) is 3.60. The summed E-state index contributed by atoms with van der Waals surface area (Å²) in [7, 11) is 0. The maximum absolute atomic E-state index is 11.2. The van der Waals surface area contributed by atoms with E-state index in [0.29, 0.717) is 24.0 Å². The second-order valence-corrected chi connectivity index (χ2v) is 4.42. The van der Waals surface area contributed by atoms with Crippen molar-refractivity contribution in [2.24, 2.45) is 17.8 Å². The van der Waals surface area contributed by atoms with Crippen LogP contribution >= 0.6 is 0 Å². The summed E-state index contributed by atoms with van der Waals surface area (Å²) in [5.74, 6) is 1.69. The molecule has 2 aliphatic carbocycles. The summed E-state index contributed by atoms with van der Waals surface area (Å²) in [6.45, 7) is 5.81. The number of hydrogen-bond donors (Lipinski definition) is 0. The SMILES string of the molecule is C=C(C)C(=O)OCC1C[C@@H]2C=C[C@H]1C2. The number of hydrogen-bond acceptors (Lipinski definition) is 2. The zero-order chi connectivity index (χ0) is 10.1. The lowest BCUT2D eigenvalue weighted by molar-refractivity contribution is -0.140. The van der Waals surface area contributed by atoms with Crippen LogP contribution < -0.4 is 0 Å². The van der Waals surface area contributed by atoms with E-state index in [1.165, 1.54) is 12.8 Å². The molecule has 0 spiro atoms. The Morgan fingerprint density at radius 1 is 1.50 bits per heavy atom. The van der Waals surface area contributed by atoms with Gasteiger partial charge in [-0.25, -0.2) is 4.79 Å². The van der Waals surface area contributed by atoms with Crippen LogP contribution in [0, 0.1) is 17.8 Å². The van der Waals surface area contributed by atoms with Gasteiger partial charge in [-0.2, -0.15) is 0 Å². The molecule has 1 fully saturated rings. The molecule has 1 unspecified atom stereocenters. The van der Waals surface area contributed by atoms with Crippen LogP contribution in [0.2, 0.25) is 0 Å². The third kappa shape index (κ3) is 1.74. The first-order valence-electron chi connectivity index (χ1n) is 5.18. The molecule has 2 aliphatic rings. The Kier molecular flexibility index (Phi) is 2.44. The van der Waals surface area contributed by atoms with Crippen LogP contribution in [-0.4, -0.2) is 12.6 Å². The first-order valence-corrected chi connectivity index (χ1v) is 5.18. The maximum Gasteiger partial charge on any atom is 0.333 e. The molecule has 0 aromatic heterocycles. The first-order chi connectivity index (χ1) is 6.66. The van der Waals surface area contributed by atoms with Gasteiger partial charge >= 0.3 is 5.97 Å². The summed E-state index contributed by atoms with van der Waals surface area (Å²) in [6, 6.07) is 0. The molecule has 0 radical (unpaired) electrons. The molecule has 0 aromatic carbocycles. The molecular weight excluding hydrogens is 176 g/mol. The highest BCUT2D eigenvalue weighted by Crippen LogP contribution is 2.43. The van der Waals surface area contributed by atoms with Crippen molar-refractivity contribution < 1.29 is 9.53 Å². The summed E-state index contributed by atoms with van der Waals surface area (Å²) >= 11 is 0. The molecule has 2 rings (SSSR count). The van der Waals surface area contributed by atoms with Gasteiger partial charge in [-0.05, 0) is 37.5 Å². The highest BCUT2D eigenvalue weighted by molar-refractivity contribution is 5.86. The Balaban J connectivity index is 1.80. The van der Waals surface area contributed by atoms with E-state index in [1.54, 1.807) is 6.92 Å². The lowest BCUT2D eigenvalue weighted by Gasteiger charge is -2.17. The summed E-state index contributed by atoms with van der Waals surface area (Å²) < 4.78 is 5.17. The quantitative estimate of drug-likeness (QED) is 0.389. The van der Waals surface area contributed by atoms with E-state index in [-0.39, 0.29) is 5.97 Å². The first kappa shape index (κ1) is 9.50. The zero-order valence-electron chi connectivity index (χ0n) is 8.53. The van der Waals surface area contributed by atoms with E-state index in [9.17, 15) is 4.79 Å². The minimum absolute atomic E-state index is 0.253. The molecule has 0 heterocycles. The number of allylic oxidation sites excluding steroid dienone is 2. The van der Waals surface area contributed by atoms with Crippen molar-refractivity contribution in [2.75, 3.05) is 6.61 Å². The minimum Gasteiger partial charge on any atom is -0.462 e. The van der Waals surface area contributed by atoms with Gasteiger partial charge in [-0.15, -0.1) is 0 Å². The van der Waals surface area contributed by atoms with Crippen molar-refractivity contribution in [3.05, 3.63) is 24.3 Å². The van der Waals surface area contributed by atoms with E-state index in [4.69, 9.17) is 4.74 Å². The van der Waals surface area contributed by atoms with Crippen LogP contribution in [0.5, 0.6) is 0 Å². The van der Waals surface area contributed by atoms with Gasteiger partial charge in [0, 0.05) is 5.57 Å². The molecule has 2 heteroatoms. The van der Waals surface area contributed by atoms with Gasteiger partial charge in [-0.1, -0.05) is 18.7 Å². The Morgan fingerprint density at radius 3 is 2.79 bits per heavy atom. The summed E-state index contributed by atoms with van der Waals surface area (Å²) in [5, 5.41) is 0. The number of ether oxygens (including phenoxy) is 1. The summed E-state index contributed by atoms with van der Waals surface area (Å²) in [6.07, 6.45) is 7.01. The summed E-state index contributed by atoms with van der Waals surface area (Å²) in [5.41, 5.74) is 0.490. The van der Waals surface area contributed by atoms with Gasteiger partial charge < -0.3 is 4.74 Å². The van der Waals surface area contributed by atoms with Gasteiger partial charge in [0.2, 0.25) is 0 Å². The molecule has 1 saturated carbocycles. The largest absolute Gasteiger partial charge is 0.462 e. The van der Waals surface area contributed by atoms with Crippen LogP contribution in [0.3, 0.4) is 0 Å². The zero-order valence-corrected chi connectivity index (χ0v) is 8.53. The molecule has 0 aromatic rings. The third-order valence-electron chi connectivity index (χ3n) is 3.19. The Morgan fingerprint density at radius 2 is 2.29 bits per heavy atom.